The molecule has 0 radical (unpaired) electrons. The molecule has 1 aliphatic carbocycles. The zero-order chi connectivity index (χ0) is 17.7. The zero-order valence-electron chi connectivity index (χ0n) is 13.2. The molecule has 0 saturated heterocycles. The fourth-order valence-corrected chi connectivity index (χ4v) is 2.59. The van der Waals surface area contributed by atoms with Crippen LogP contribution in [0, 0.1) is 0 Å². The van der Waals surface area contributed by atoms with E-state index in [1.54, 1.807) is 0 Å². The molecule has 1 N–H and O–H groups in total. The number of fused-ring (bicyclic) bond motifs is 1. The molecule has 1 aromatic heterocycles. The second kappa shape index (κ2) is 8.30. The van der Waals surface area contributed by atoms with Gasteiger partial charge >= 0.3 is 15.6 Å². The molecule has 0 amide bonds. The van der Waals surface area contributed by atoms with Crippen molar-refractivity contribution in [3.8, 4) is 5.88 Å². The minimum absolute atomic E-state index is 0.325. The first-order chi connectivity index (χ1) is 10.6. The average Bonchev–Trinajstić information content (AvgIpc) is 2.64. The first-order valence-electron chi connectivity index (χ1n) is 7.03. The summed E-state index contributed by atoms with van der Waals surface area (Å²) in [6, 6.07) is 0. The lowest BCUT2D eigenvalue weighted by molar-refractivity contribution is -0.0502. The summed E-state index contributed by atoms with van der Waals surface area (Å²) in [6.07, 6.45) is 3.70. The normalized spacial score (nSPS) is 15.7. The second-order valence-corrected chi connectivity index (χ2v) is 7.44. The Bertz CT molecular complexity index is 615. The summed E-state index contributed by atoms with van der Waals surface area (Å²) in [5.74, 6) is -0.325. The van der Waals surface area contributed by atoms with Crippen molar-refractivity contribution in [1.82, 2.24) is 14.9 Å². The van der Waals surface area contributed by atoms with E-state index in [1.807, 2.05) is 7.05 Å². The van der Waals surface area contributed by atoms with Crippen molar-refractivity contribution < 1.29 is 25.8 Å². The van der Waals surface area contributed by atoms with Gasteiger partial charge in [-0.1, -0.05) is 15.2 Å². The number of aromatic nitrogens is 2. The number of nitrogens with zero attached hydrogens (tertiary/aromatic N) is 2. The molecule has 1 aromatic rings. The van der Waals surface area contributed by atoms with Crippen molar-refractivity contribution in [2.45, 2.75) is 37.6 Å². The number of aryl methyl sites for hydroxylation is 2. The van der Waals surface area contributed by atoms with Gasteiger partial charge in [0.1, 0.15) is 0 Å². The Morgan fingerprint density at radius 1 is 1.26 bits per heavy atom. The van der Waals surface area contributed by atoms with Gasteiger partial charge < -0.3 is 9.27 Å². The minimum atomic E-state index is -5.65. The number of halogens is 3. The highest BCUT2D eigenvalue weighted by Crippen LogP contribution is 2.32. The maximum atomic E-state index is 12.3. The maximum absolute atomic E-state index is 12.3. The molecule has 0 spiro atoms. The summed E-state index contributed by atoms with van der Waals surface area (Å²) in [6.45, 7) is 2.10. The van der Waals surface area contributed by atoms with E-state index >= 15 is 0 Å². The van der Waals surface area contributed by atoms with Crippen LogP contribution in [-0.2, 0) is 30.0 Å². The number of nitrogens with one attached hydrogen (secondary N) is 1. The Balaban J connectivity index is 0.000000593. The average molecular weight is 375 g/mol. The monoisotopic (exact) mass is 375 g/mol. The third-order valence-corrected chi connectivity index (χ3v) is 4.68. The van der Waals surface area contributed by atoms with Crippen LogP contribution in [0.5, 0.6) is 5.88 Å². The van der Waals surface area contributed by atoms with Crippen LogP contribution >= 0.6 is 8.73 Å². The van der Waals surface area contributed by atoms with Crippen LogP contribution in [0.4, 0.5) is 13.2 Å². The molecule has 134 valence electrons. The van der Waals surface area contributed by atoms with Crippen LogP contribution in [-0.4, -0.2) is 37.4 Å². The van der Waals surface area contributed by atoms with Gasteiger partial charge in [0.05, 0.1) is 5.69 Å². The van der Waals surface area contributed by atoms with Crippen molar-refractivity contribution in [1.29, 1.82) is 0 Å². The molecule has 0 bridgehead atoms. The van der Waals surface area contributed by atoms with E-state index < -0.39 is 15.6 Å². The van der Waals surface area contributed by atoms with E-state index in [1.165, 1.54) is 7.05 Å². The van der Waals surface area contributed by atoms with Crippen LogP contribution in [0.1, 0.15) is 30.5 Å². The van der Waals surface area contributed by atoms with Crippen LogP contribution in [0.3, 0.4) is 0 Å². The summed E-state index contributed by atoms with van der Waals surface area (Å²) >= 11 is 0. The standard InChI is InChI=1S/C10H13F3N2O3S.C2H8NP/c1-15-9(18-19(16,17)10(11,12)13)7-5-3-2-4-6-8(7)14-15;1-3-4-2/h2-6H2,1H3;3-4H,1-2H3. The molecular formula is C12H21F3N3O3PS. The lowest BCUT2D eigenvalue weighted by Crippen LogP contribution is -2.29. The predicted molar refractivity (Wildman–Crippen MR) is 83.4 cm³/mol. The summed E-state index contributed by atoms with van der Waals surface area (Å²) in [4.78, 5) is 0. The smallest absolute Gasteiger partial charge is 0.355 e. The van der Waals surface area contributed by atoms with Crippen molar-refractivity contribution >= 4 is 18.8 Å². The van der Waals surface area contributed by atoms with E-state index in [-0.39, 0.29) is 5.88 Å². The Kier molecular flexibility index (Phi) is 7.29. The van der Waals surface area contributed by atoms with Crippen molar-refractivity contribution in [3.05, 3.63) is 11.3 Å². The van der Waals surface area contributed by atoms with Gasteiger partial charge in [0.15, 0.2) is 0 Å². The Morgan fingerprint density at radius 2 is 1.83 bits per heavy atom. The maximum Gasteiger partial charge on any atom is 0.534 e. The molecule has 1 aliphatic rings. The molecule has 0 aromatic carbocycles. The second-order valence-electron chi connectivity index (χ2n) is 4.90. The largest absolute Gasteiger partial charge is 0.534 e. The SMILES string of the molecule is CNPC.Cn1nc2c(c1OS(=O)(=O)C(F)(F)F)CCCCC2. The highest BCUT2D eigenvalue weighted by molar-refractivity contribution is 7.87. The van der Waals surface area contributed by atoms with Gasteiger partial charge in [0, 0.05) is 12.6 Å². The zero-order valence-corrected chi connectivity index (χ0v) is 15.0. The molecule has 1 heterocycles. The summed E-state index contributed by atoms with van der Waals surface area (Å²) in [7, 11) is -1.45. The predicted octanol–water partition coefficient (Wildman–Crippen LogP) is 2.35. The first kappa shape index (κ1) is 20.2. The van der Waals surface area contributed by atoms with Crippen molar-refractivity contribution in [2.75, 3.05) is 13.7 Å². The number of hydrogen-bond donors (Lipinski definition) is 1. The molecule has 1 unspecified atom stereocenters. The van der Waals surface area contributed by atoms with E-state index in [4.69, 9.17) is 0 Å². The van der Waals surface area contributed by atoms with Crippen LogP contribution in [0.2, 0.25) is 0 Å². The highest BCUT2D eigenvalue weighted by atomic mass is 32.2. The Hall–Kier alpha value is -0.860. The van der Waals surface area contributed by atoms with E-state index in [9.17, 15) is 21.6 Å². The minimum Gasteiger partial charge on any atom is -0.355 e. The van der Waals surface area contributed by atoms with Gasteiger partial charge in [-0.05, 0) is 39.4 Å². The number of hydrogen-bond acceptors (Lipinski definition) is 5. The van der Waals surface area contributed by atoms with Gasteiger partial charge in [0.2, 0.25) is 5.88 Å². The van der Waals surface area contributed by atoms with E-state index in [0.717, 1.165) is 32.7 Å². The molecule has 0 saturated carbocycles. The Labute approximate surface area is 135 Å². The lowest BCUT2D eigenvalue weighted by atomic mass is 10.1. The van der Waals surface area contributed by atoms with Crippen LogP contribution in [0.25, 0.3) is 0 Å². The van der Waals surface area contributed by atoms with Gasteiger partial charge in [-0.25, -0.2) is 4.68 Å². The lowest BCUT2D eigenvalue weighted by Gasteiger charge is -2.10. The van der Waals surface area contributed by atoms with Gasteiger partial charge in [-0.2, -0.15) is 26.7 Å². The van der Waals surface area contributed by atoms with E-state index in [2.05, 4.69) is 21.0 Å². The third-order valence-electron chi connectivity index (χ3n) is 3.23. The van der Waals surface area contributed by atoms with Gasteiger partial charge in [-0.3, -0.25) is 0 Å². The third kappa shape index (κ3) is 5.32. The molecular weight excluding hydrogens is 354 g/mol. The number of rotatable bonds is 3. The molecule has 0 fully saturated rings. The van der Waals surface area contributed by atoms with Crippen LogP contribution < -0.4 is 9.27 Å². The summed E-state index contributed by atoms with van der Waals surface area (Å²) in [5, 5.41) is 7.00. The van der Waals surface area contributed by atoms with E-state index in [0.29, 0.717) is 24.1 Å². The first-order valence-corrected chi connectivity index (χ1v) is 9.93. The molecule has 2 rings (SSSR count). The molecule has 1 atom stereocenters. The topological polar surface area (TPSA) is 73.2 Å². The quantitative estimate of drug-likeness (QED) is 0.380. The van der Waals surface area contributed by atoms with Crippen molar-refractivity contribution in [2.24, 2.45) is 7.05 Å². The van der Waals surface area contributed by atoms with Gasteiger partial charge in [0.25, 0.3) is 0 Å². The molecule has 0 aliphatic heterocycles. The molecule has 11 heteroatoms. The number of alkyl halides is 3. The van der Waals surface area contributed by atoms with Gasteiger partial charge in [-0.15, -0.1) is 0 Å². The fourth-order valence-electron chi connectivity index (χ4n) is 2.08. The summed E-state index contributed by atoms with van der Waals surface area (Å²) < 4.78 is 64.4. The summed E-state index contributed by atoms with van der Waals surface area (Å²) in [5.41, 5.74) is -4.35. The molecule has 23 heavy (non-hydrogen) atoms. The fraction of sp³-hybridized carbons (Fsp3) is 0.750. The molecule has 6 nitrogen and oxygen atoms in total. The highest BCUT2D eigenvalue weighted by Gasteiger charge is 2.49. The van der Waals surface area contributed by atoms with Crippen molar-refractivity contribution in [3.63, 3.8) is 0 Å². The Morgan fingerprint density at radius 3 is 2.35 bits per heavy atom. The van der Waals surface area contributed by atoms with Crippen LogP contribution in [0.15, 0.2) is 0 Å².